The van der Waals surface area contributed by atoms with Crippen LogP contribution in [0.4, 0.5) is 11.4 Å². The van der Waals surface area contributed by atoms with Crippen molar-refractivity contribution in [2.45, 2.75) is 20.0 Å². The summed E-state index contributed by atoms with van der Waals surface area (Å²) in [6.45, 7) is 2.78. The normalized spacial score (nSPS) is 11.3. The number of nitro benzene ring substituents is 1. The van der Waals surface area contributed by atoms with Gasteiger partial charge in [-0.1, -0.05) is 12.1 Å². The van der Waals surface area contributed by atoms with Crippen LogP contribution in [0.15, 0.2) is 48.5 Å². The minimum Gasteiger partial charge on any atom is -0.449 e. The summed E-state index contributed by atoms with van der Waals surface area (Å²) in [6.07, 6.45) is -1.17. The fourth-order valence-corrected chi connectivity index (χ4v) is 2.12. The Bertz CT molecular complexity index is 860. The van der Waals surface area contributed by atoms with E-state index in [4.69, 9.17) is 4.74 Å². The molecule has 0 fully saturated rings. The number of para-hydroxylation sites is 1. The summed E-state index contributed by atoms with van der Waals surface area (Å²) >= 11 is 0. The zero-order valence-electron chi connectivity index (χ0n) is 14.1. The Morgan fingerprint density at radius 1 is 1.08 bits per heavy atom. The Kier molecular flexibility index (Phi) is 5.79. The minimum atomic E-state index is -1.17. The van der Waals surface area contributed by atoms with Crippen LogP contribution in [-0.4, -0.2) is 28.7 Å². The van der Waals surface area contributed by atoms with E-state index in [2.05, 4.69) is 5.32 Å². The molecule has 0 aliphatic heterocycles. The number of carbonyl (C=O) groups is 3. The molecule has 2 aromatic rings. The number of ketones is 1. The molecule has 1 amide bonds. The molecule has 0 heterocycles. The number of carbonyl (C=O) groups excluding carboxylic acids is 3. The monoisotopic (exact) mass is 356 g/mol. The molecule has 134 valence electrons. The largest absolute Gasteiger partial charge is 0.449 e. The molecule has 0 radical (unpaired) electrons. The maximum atomic E-state index is 12.1. The predicted molar refractivity (Wildman–Crippen MR) is 93.1 cm³/mol. The maximum Gasteiger partial charge on any atom is 0.345 e. The first-order chi connectivity index (χ1) is 12.3. The molecule has 26 heavy (non-hydrogen) atoms. The predicted octanol–water partition coefficient (Wildman–Crippen LogP) is 2.98. The molecule has 2 rings (SSSR count). The van der Waals surface area contributed by atoms with Crippen molar-refractivity contribution in [3.05, 3.63) is 69.8 Å². The molecule has 0 aliphatic carbocycles. The summed E-state index contributed by atoms with van der Waals surface area (Å²) in [5, 5.41) is 13.5. The van der Waals surface area contributed by atoms with Crippen LogP contribution >= 0.6 is 0 Å². The number of amides is 1. The van der Waals surface area contributed by atoms with E-state index >= 15 is 0 Å². The lowest BCUT2D eigenvalue weighted by atomic mass is 10.1. The number of rotatable bonds is 6. The van der Waals surface area contributed by atoms with Gasteiger partial charge in [0.25, 0.3) is 11.6 Å². The summed E-state index contributed by atoms with van der Waals surface area (Å²) in [4.78, 5) is 45.7. The van der Waals surface area contributed by atoms with Gasteiger partial charge in [-0.05, 0) is 44.2 Å². The molecule has 1 N–H and O–H groups in total. The number of nitrogens with zero attached hydrogens (tertiary/aromatic N) is 1. The molecule has 8 nitrogen and oxygen atoms in total. The van der Waals surface area contributed by atoms with Crippen molar-refractivity contribution in [2.75, 3.05) is 5.32 Å². The van der Waals surface area contributed by atoms with Gasteiger partial charge in [0.2, 0.25) is 0 Å². The Morgan fingerprint density at radius 3 is 2.27 bits per heavy atom. The van der Waals surface area contributed by atoms with Gasteiger partial charge in [-0.15, -0.1) is 0 Å². The molecular weight excluding hydrogens is 340 g/mol. The maximum absolute atomic E-state index is 12.1. The quantitative estimate of drug-likeness (QED) is 0.368. The lowest BCUT2D eigenvalue weighted by Crippen LogP contribution is -2.30. The second-order valence-corrected chi connectivity index (χ2v) is 5.44. The highest BCUT2D eigenvalue weighted by atomic mass is 16.6. The van der Waals surface area contributed by atoms with Gasteiger partial charge in [0.1, 0.15) is 5.56 Å². The lowest BCUT2D eigenvalue weighted by molar-refractivity contribution is -0.385. The third kappa shape index (κ3) is 4.50. The smallest absolute Gasteiger partial charge is 0.345 e. The number of esters is 1. The molecule has 0 aromatic heterocycles. The van der Waals surface area contributed by atoms with Gasteiger partial charge in [-0.2, -0.15) is 0 Å². The van der Waals surface area contributed by atoms with Crippen LogP contribution in [-0.2, 0) is 9.53 Å². The van der Waals surface area contributed by atoms with Gasteiger partial charge in [0, 0.05) is 17.3 Å². The van der Waals surface area contributed by atoms with E-state index in [0.29, 0.717) is 11.3 Å². The van der Waals surface area contributed by atoms with E-state index in [9.17, 15) is 24.5 Å². The highest BCUT2D eigenvalue weighted by Crippen LogP contribution is 2.19. The summed E-state index contributed by atoms with van der Waals surface area (Å²) in [6, 6.07) is 11.5. The molecule has 1 unspecified atom stereocenters. The van der Waals surface area contributed by atoms with E-state index in [0.717, 1.165) is 0 Å². The molecule has 8 heteroatoms. The third-order valence-corrected chi connectivity index (χ3v) is 3.53. The Morgan fingerprint density at radius 2 is 1.69 bits per heavy atom. The number of ether oxygens (including phenoxy) is 1. The summed E-state index contributed by atoms with van der Waals surface area (Å²) in [5.74, 6) is -1.67. The average molecular weight is 356 g/mol. The number of Topliss-reactive ketones (excluding diaryl/α,β-unsaturated/α-hetero) is 1. The van der Waals surface area contributed by atoms with Crippen molar-refractivity contribution in [3.63, 3.8) is 0 Å². The summed E-state index contributed by atoms with van der Waals surface area (Å²) in [7, 11) is 0. The van der Waals surface area contributed by atoms with Crippen LogP contribution < -0.4 is 5.32 Å². The van der Waals surface area contributed by atoms with Crippen molar-refractivity contribution in [1.29, 1.82) is 0 Å². The van der Waals surface area contributed by atoms with Crippen molar-refractivity contribution in [1.82, 2.24) is 0 Å². The molecule has 0 spiro atoms. The van der Waals surface area contributed by atoms with Crippen molar-refractivity contribution >= 4 is 29.0 Å². The molecule has 0 saturated heterocycles. The fourth-order valence-electron chi connectivity index (χ4n) is 2.12. The molecule has 0 saturated carbocycles. The van der Waals surface area contributed by atoms with E-state index in [1.54, 1.807) is 24.3 Å². The standard InChI is InChI=1S/C18H16N2O6/c1-11(21)13-7-9-14(10-8-13)19-17(22)12(2)26-18(23)15-5-3-4-6-16(15)20(24)25/h3-10,12H,1-2H3,(H,19,22). The first-order valence-electron chi connectivity index (χ1n) is 7.66. The topological polar surface area (TPSA) is 116 Å². The lowest BCUT2D eigenvalue weighted by Gasteiger charge is -2.13. The minimum absolute atomic E-state index is 0.102. The second kappa shape index (κ2) is 8.02. The van der Waals surface area contributed by atoms with Gasteiger partial charge in [0.05, 0.1) is 4.92 Å². The first kappa shape index (κ1) is 18.8. The number of nitrogens with one attached hydrogen (secondary N) is 1. The summed E-state index contributed by atoms with van der Waals surface area (Å²) in [5.41, 5.74) is 0.292. The van der Waals surface area contributed by atoms with E-state index < -0.39 is 28.6 Å². The van der Waals surface area contributed by atoms with Crippen LogP contribution in [0.25, 0.3) is 0 Å². The van der Waals surface area contributed by atoms with E-state index in [1.165, 1.54) is 38.1 Å². The number of benzene rings is 2. The molecule has 2 aromatic carbocycles. The van der Waals surface area contributed by atoms with Crippen LogP contribution in [0.3, 0.4) is 0 Å². The zero-order valence-corrected chi connectivity index (χ0v) is 14.1. The third-order valence-electron chi connectivity index (χ3n) is 3.53. The van der Waals surface area contributed by atoms with Gasteiger partial charge in [-0.3, -0.25) is 19.7 Å². The molecule has 0 aliphatic rings. The van der Waals surface area contributed by atoms with Gasteiger partial charge >= 0.3 is 5.97 Å². The average Bonchev–Trinajstić information content (AvgIpc) is 2.61. The van der Waals surface area contributed by atoms with Crippen LogP contribution in [0.2, 0.25) is 0 Å². The van der Waals surface area contributed by atoms with Crippen LogP contribution in [0.1, 0.15) is 34.6 Å². The van der Waals surface area contributed by atoms with Crippen molar-refractivity contribution in [2.24, 2.45) is 0 Å². The summed E-state index contributed by atoms with van der Waals surface area (Å²) < 4.78 is 5.01. The van der Waals surface area contributed by atoms with Gasteiger partial charge in [0.15, 0.2) is 11.9 Å². The zero-order chi connectivity index (χ0) is 19.3. The number of hydrogen-bond donors (Lipinski definition) is 1. The number of anilines is 1. The molecule has 1 atom stereocenters. The van der Waals surface area contributed by atoms with E-state index in [-0.39, 0.29) is 11.3 Å². The second-order valence-electron chi connectivity index (χ2n) is 5.44. The Labute approximate surface area is 148 Å². The highest BCUT2D eigenvalue weighted by molar-refractivity contribution is 5.99. The SMILES string of the molecule is CC(=O)c1ccc(NC(=O)C(C)OC(=O)c2ccccc2[N+](=O)[O-])cc1. The molecule has 0 bridgehead atoms. The van der Waals surface area contributed by atoms with Gasteiger partial charge in [-0.25, -0.2) is 4.79 Å². The van der Waals surface area contributed by atoms with Gasteiger partial charge < -0.3 is 10.1 Å². The Balaban J connectivity index is 2.04. The van der Waals surface area contributed by atoms with Crippen LogP contribution in [0, 0.1) is 10.1 Å². The highest BCUT2D eigenvalue weighted by Gasteiger charge is 2.24. The fraction of sp³-hybridized carbons (Fsp3) is 0.167. The Hall–Kier alpha value is -3.55. The number of nitro groups is 1. The number of hydrogen-bond acceptors (Lipinski definition) is 6. The van der Waals surface area contributed by atoms with Crippen molar-refractivity contribution < 1.29 is 24.0 Å². The first-order valence-corrected chi connectivity index (χ1v) is 7.66. The van der Waals surface area contributed by atoms with Crippen molar-refractivity contribution in [3.8, 4) is 0 Å². The van der Waals surface area contributed by atoms with Crippen LogP contribution in [0.5, 0.6) is 0 Å². The van der Waals surface area contributed by atoms with E-state index in [1.807, 2.05) is 0 Å². The molecular formula is C18H16N2O6.